The van der Waals surface area contributed by atoms with Gasteiger partial charge in [-0.05, 0) is 32.1 Å². The van der Waals surface area contributed by atoms with Crippen molar-refractivity contribution in [3.8, 4) is 0 Å². The molecule has 0 aromatic rings. The van der Waals surface area contributed by atoms with Gasteiger partial charge in [0.1, 0.15) is 6.04 Å². The van der Waals surface area contributed by atoms with Crippen molar-refractivity contribution in [1.82, 2.24) is 4.90 Å². The quantitative estimate of drug-likeness (QED) is 0.0684. The molecule has 0 saturated carbocycles. The molecule has 6 heteroatoms. The Morgan fingerprint density at radius 2 is 0.822 bits per heavy atom. The van der Waals surface area contributed by atoms with Crippen LogP contribution in [-0.2, 0) is 14.4 Å². The number of aliphatic carboxylic acids is 2. The smallest absolute Gasteiger partial charge is 0.326 e. The predicted molar refractivity (Wildman–Crippen MR) is 190 cm³/mol. The second-order valence-electron chi connectivity index (χ2n) is 13.8. The summed E-state index contributed by atoms with van der Waals surface area (Å²) in [6, 6.07) is -1.09. The van der Waals surface area contributed by atoms with Crippen molar-refractivity contribution in [2.45, 2.75) is 232 Å². The fourth-order valence-electron chi connectivity index (χ4n) is 7.01. The number of amides is 1. The number of carbonyl (C=O) groups excluding carboxylic acids is 1. The van der Waals surface area contributed by atoms with Crippen LogP contribution in [0, 0.1) is 0 Å². The van der Waals surface area contributed by atoms with Gasteiger partial charge in [-0.25, -0.2) is 4.79 Å². The summed E-state index contributed by atoms with van der Waals surface area (Å²) in [6.45, 7) is 8.86. The zero-order valence-electron chi connectivity index (χ0n) is 30.4. The lowest BCUT2D eigenvalue weighted by molar-refractivity contribution is -0.159. The van der Waals surface area contributed by atoms with Crippen molar-refractivity contribution < 1.29 is 24.6 Å². The SMILES string of the molecule is CCCCCCCCCCCC(=O)N(C(CCC(=O)O)C(=O)O)C(CCCCCC)(CCCCCC)CCCCCCCCC. The first-order valence-corrected chi connectivity index (χ1v) is 19.6. The highest BCUT2D eigenvalue weighted by Gasteiger charge is 2.44. The number of nitrogens with zero attached hydrogens (tertiary/aromatic N) is 1. The van der Waals surface area contributed by atoms with Crippen LogP contribution >= 0.6 is 0 Å². The third-order valence-electron chi connectivity index (χ3n) is 9.74. The molecule has 0 aromatic heterocycles. The highest BCUT2D eigenvalue weighted by molar-refractivity contribution is 5.85. The van der Waals surface area contributed by atoms with Crippen LogP contribution < -0.4 is 0 Å². The van der Waals surface area contributed by atoms with E-state index in [9.17, 15) is 24.6 Å². The maximum atomic E-state index is 14.3. The highest BCUT2D eigenvalue weighted by Crippen LogP contribution is 2.38. The van der Waals surface area contributed by atoms with Gasteiger partial charge in [0.2, 0.25) is 5.91 Å². The molecule has 0 fully saturated rings. The summed E-state index contributed by atoms with van der Waals surface area (Å²) in [6.07, 6.45) is 29.8. The van der Waals surface area contributed by atoms with Crippen LogP contribution in [0.2, 0.25) is 0 Å². The third-order valence-corrected chi connectivity index (χ3v) is 9.74. The van der Waals surface area contributed by atoms with E-state index in [1.165, 1.54) is 70.6 Å². The van der Waals surface area contributed by atoms with Crippen molar-refractivity contribution in [3.63, 3.8) is 0 Å². The molecule has 0 aliphatic heterocycles. The monoisotopic (exact) mass is 638 g/mol. The molecule has 0 rings (SSSR count). The Balaban J connectivity index is 6.11. The lowest BCUT2D eigenvalue weighted by Crippen LogP contribution is -2.59. The zero-order chi connectivity index (χ0) is 33.6. The molecule has 0 bridgehead atoms. The van der Waals surface area contributed by atoms with Crippen LogP contribution in [0.1, 0.15) is 220 Å². The number of unbranched alkanes of at least 4 members (excludes halogenated alkanes) is 20. The van der Waals surface area contributed by atoms with Crippen molar-refractivity contribution in [2.75, 3.05) is 0 Å². The second kappa shape index (κ2) is 29.8. The van der Waals surface area contributed by atoms with Gasteiger partial charge >= 0.3 is 11.9 Å². The molecule has 0 heterocycles. The molecule has 6 nitrogen and oxygen atoms in total. The van der Waals surface area contributed by atoms with Gasteiger partial charge in [0.05, 0.1) is 0 Å². The lowest BCUT2D eigenvalue weighted by atomic mass is 9.78. The molecule has 1 atom stereocenters. The lowest BCUT2D eigenvalue weighted by Gasteiger charge is -2.48. The number of carboxylic acids is 2. The predicted octanol–water partition coefficient (Wildman–Crippen LogP) is 11.9. The van der Waals surface area contributed by atoms with Crippen LogP contribution in [0.3, 0.4) is 0 Å². The summed E-state index contributed by atoms with van der Waals surface area (Å²) in [5, 5.41) is 20.0. The fourth-order valence-corrected chi connectivity index (χ4v) is 7.01. The van der Waals surface area contributed by atoms with Gasteiger partial charge in [-0.2, -0.15) is 0 Å². The van der Waals surface area contributed by atoms with Crippen LogP contribution in [0.5, 0.6) is 0 Å². The molecule has 0 aliphatic carbocycles. The van der Waals surface area contributed by atoms with Crippen LogP contribution in [0.15, 0.2) is 0 Å². The van der Waals surface area contributed by atoms with E-state index in [1.807, 2.05) is 0 Å². The minimum absolute atomic E-state index is 0.0309. The average molecular weight is 638 g/mol. The molecule has 0 saturated heterocycles. The van der Waals surface area contributed by atoms with E-state index < -0.39 is 23.5 Å². The number of hydrogen-bond acceptors (Lipinski definition) is 3. The Labute approximate surface area is 278 Å². The van der Waals surface area contributed by atoms with Crippen LogP contribution in [0.25, 0.3) is 0 Å². The first-order valence-electron chi connectivity index (χ1n) is 19.6. The van der Waals surface area contributed by atoms with E-state index in [2.05, 4.69) is 27.7 Å². The molecular formula is C39H75NO5. The molecule has 0 aliphatic rings. The van der Waals surface area contributed by atoms with Crippen molar-refractivity contribution in [1.29, 1.82) is 0 Å². The topological polar surface area (TPSA) is 94.9 Å². The van der Waals surface area contributed by atoms with Crippen LogP contribution in [0.4, 0.5) is 0 Å². The summed E-state index contributed by atoms with van der Waals surface area (Å²) in [7, 11) is 0. The van der Waals surface area contributed by atoms with Crippen LogP contribution in [-0.4, -0.2) is 44.5 Å². The van der Waals surface area contributed by atoms with Gasteiger partial charge in [0, 0.05) is 18.4 Å². The van der Waals surface area contributed by atoms with E-state index in [-0.39, 0.29) is 18.7 Å². The Kier molecular flexibility index (Phi) is 28.7. The first-order chi connectivity index (χ1) is 21.8. The Morgan fingerprint density at radius 3 is 1.18 bits per heavy atom. The highest BCUT2D eigenvalue weighted by atomic mass is 16.4. The maximum Gasteiger partial charge on any atom is 0.326 e. The third kappa shape index (κ3) is 21.8. The molecule has 0 radical (unpaired) electrons. The molecule has 1 unspecified atom stereocenters. The van der Waals surface area contributed by atoms with Crippen molar-refractivity contribution >= 4 is 17.8 Å². The van der Waals surface area contributed by atoms with E-state index >= 15 is 0 Å². The van der Waals surface area contributed by atoms with Gasteiger partial charge in [-0.3, -0.25) is 9.59 Å². The van der Waals surface area contributed by atoms with Gasteiger partial charge in [-0.15, -0.1) is 0 Å². The molecule has 2 N–H and O–H groups in total. The average Bonchev–Trinajstić information content (AvgIpc) is 3.01. The molecule has 1 amide bonds. The molecule has 0 aromatic carbocycles. The summed E-state index contributed by atoms with van der Waals surface area (Å²) < 4.78 is 0. The summed E-state index contributed by atoms with van der Waals surface area (Å²) >= 11 is 0. The molecule has 0 spiro atoms. The Hall–Kier alpha value is -1.59. The van der Waals surface area contributed by atoms with Crippen molar-refractivity contribution in [2.24, 2.45) is 0 Å². The summed E-state index contributed by atoms with van der Waals surface area (Å²) in [4.78, 5) is 40.6. The normalized spacial score (nSPS) is 12.4. The minimum atomic E-state index is -1.09. The first kappa shape index (κ1) is 43.4. The molecular weight excluding hydrogens is 562 g/mol. The van der Waals surface area contributed by atoms with Gasteiger partial charge in [0.15, 0.2) is 0 Å². The van der Waals surface area contributed by atoms with Gasteiger partial charge in [0.25, 0.3) is 0 Å². The molecule has 45 heavy (non-hydrogen) atoms. The largest absolute Gasteiger partial charge is 0.481 e. The zero-order valence-corrected chi connectivity index (χ0v) is 30.4. The summed E-state index contributed by atoms with van der Waals surface area (Å²) in [5.74, 6) is -2.12. The van der Waals surface area contributed by atoms with E-state index in [0.717, 1.165) is 103 Å². The van der Waals surface area contributed by atoms with Gasteiger partial charge in [-0.1, -0.05) is 175 Å². The number of carboxylic acid groups (broad SMARTS) is 2. The standard InChI is InChI=1S/C39H75NO5/c1-5-9-13-17-19-20-21-23-25-29-36(41)40(35(38(44)45)30-31-37(42)43)39(32-26-15-11-7-3,33-27-16-12-8-4)34-28-24-22-18-14-10-6-2/h35H,5-34H2,1-4H3,(H,42,43)(H,44,45). The Bertz CT molecular complexity index is 712. The van der Waals surface area contributed by atoms with E-state index in [4.69, 9.17) is 0 Å². The van der Waals surface area contributed by atoms with E-state index in [1.54, 1.807) is 4.90 Å². The number of rotatable bonds is 34. The number of hydrogen-bond donors (Lipinski definition) is 2. The fraction of sp³-hybridized carbons (Fsp3) is 0.923. The number of carbonyl (C=O) groups is 3. The minimum Gasteiger partial charge on any atom is -0.481 e. The summed E-state index contributed by atoms with van der Waals surface area (Å²) in [5.41, 5.74) is -0.525. The molecule has 266 valence electrons. The van der Waals surface area contributed by atoms with Crippen molar-refractivity contribution in [3.05, 3.63) is 0 Å². The van der Waals surface area contributed by atoms with E-state index in [0.29, 0.717) is 6.42 Å². The maximum absolute atomic E-state index is 14.3. The van der Waals surface area contributed by atoms with Gasteiger partial charge < -0.3 is 15.1 Å². The Morgan fingerprint density at radius 1 is 0.489 bits per heavy atom. The second-order valence-corrected chi connectivity index (χ2v) is 13.8.